The van der Waals surface area contributed by atoms with E-state index in [1.165, 1.54) is 0 Å². The van der Waals surface area contributed by atoms with Gasteiger partial charge >= 0.3 is 0 Å². The molecule has 10 heteroatoms. The smallest absolute Gasteiger partial charge is 0.144 e. The largest absolute Gasteiger partial charge is 0.279 e. The Morgan fingerprint density at radius 3 is 0.613 bits per heavy atom. The van der Waals surface area contributed by atoms with Crippen molar-refractivity contribution in [3.8, 4) is 0 Å². The Bertz CT molecular complexity index is 2530. The molecule has 0 aliphatic heterocycles. The molecule has 0 N–H and O–H groups in total. The average Bonchev–Trinajstić information content (AvgIpc) is 3.24. The highest BCUT2D eigenvalue weighted by molar-refractivity contribution is 5.83. The molecule has 0 fully saturated rings. The lowest BCUT2D eigenvalue weighted by atomic mass is 9.90. The maximum atomic E-state index is 5.78. The molecule has 0 saturated carbocycles. The number of pyridine rings is 7. The Hall–Kier alpha value is -6.55. The Morgan fingerprint density at radius 1 is 0.240 bits per heavy atom. The summed E-state index contributed by atoms with van der Waals surface area (Å²) in [6.45, 7) is 40.5. The minimum Gasteiger partial charge on any atom is -0.279 e. The number of hydrogen-bond donors (Lipinski definition) is 0. The quantitative estimate of drug-likeness (QED) is 0.0987. The van der Waals surface area contributed by atoms with Crippen LogP contribution in [0.25, 0.3) is 0 Å². The molecule has 75 heavy (non-hydrogen) atoms. The second-order valence-electron chi connectivity index (χ2n) is 27.9. The maximum Gasteiger partial charge on any atom is 0.144 e. The molecule has 7 aromatic heterocycles. The van der Waals surface area contributed by atoms with Crippen molar-refractivity contribution in [2.75, 3.05) is 14.7 Å². The molecule has 7 heterocycles. The van der Waals surface area contributed by atoms with Gasteiger partial charge in [-0.25, -0.2) is 34.9 Å². The van der Waals surface area contributed by atoms with E-state index < -0.39 is 0 Å². The number of aromatic nitrogens is 7. The van der Waals surface area contributed by atoms with Crippen LogP contribution in [0.4, 0.5) is 52.2 Å². The van der Waals surface area contributed by atoms with E-state index in [0.717, 1.165) is 90.0 Å². The summed E-state index contributed by atoms with van der Waals surface area (Å²) in [5, 5.41) is 0. The highest BCUT2D eigenvalue weighted by Gasteiger charge is 2.29. The molecular weight excluding hydrogens is 921 g/mol. The summed E-state index contributed by atoms with van der Waals surface area (Å²) >= 11 is 0. The van der Waals surface area contributed by atoms with Gasteiger partial charge in [0.2, 0.25) is 0 Å². The second kappa shape index (κ2) is 22.0. The first-order valence-electron chi connectivity index (χ1n) is 27.0. The molecule has 0 amide bonds. The van der Waals surface area contributed by atoms with Crippen LogP contribution in [-0.2, 0) is 38.5 Å². The predicted molar refractivity (Wildman–Crippen MR) is 314 cm³/mol. The lowest BCUT2D eigenvalue weighted by Gasteiger charge is -2.31. The van der Waals surface area contributed by atoms with Crippen molar-refractivity contribution in [3.63, 3.8) is 0 Å². The summed E-state index contributed by atoms with van der Waals surface area (Å²) in [4.78, 5) is 44.9. The minimum absolute atomic E-state index is 0.000224. The van der Waals surface area contributed by atoms with Crippen molar-refractivity contribution < 1.29 is 0 Å². The standard InChI is InChI=1S/C65H86N10/c1-60(2,3)39-45-25-19-31-52(66-45)73(53-32-20-26-46(67-53)40-61(4,5)6)51-37-58(74(54-33-21-27-47(68-54)41-62(7,8)9)55-34-22-28-48(69-55)42-63(10,11)12)72-59(38-51)75(56-35-23-29-49(70-56)43-64(13,14)15)57-36-24-30-50(71-57)44-65(16,17)18/h19-38H,39-44H2,1-18H3. The third kappa shape index (κ3) is 16.7. The van der Waals surface area contributed by atoms with E-state index in [4.69, 9.17) is 34.9 Å². The van der Waals surface area contributed by atoms with Gasteiger partial charge in [0, 0.05) is 46.3 Å². The van der Waals surface area contributed by atoms with Gasteiger partial charge in [0.05, 0.1) is 5.69 Å². The Labute approximate surface area is 451 Å². The van der Waals surface area contributed by atoms with E-state index in [1.807, 2.05) is 0 Å². The fraction of sp³-hybridized carbons (Fsp3) is 0.462. The van der Waals surface area contributed by atoms with Crippen LogP contribution in [0.3, 0.4) is 0 Å². The van der Waals surface area contributed by atoms with Crippen LogP contribution in [0.15, 0.2) is 121 Å². The maximum absolute atomic E-state index is 5.78. The second-order valence-corrected chi connectivity index (χ2v) is 27.9. The van der Waals surface area contributed by atoms with E-state index in [-0.39, 0.29) is 32.5 Å². The van der Waals surface area contributed by atoms with Crippen molar-refractivity contribution >= 4 is 52.2 Å². The molecule has 7 rings (SSSR count). The first-order valence-corrected chi connectivity index (χ1v) is 27.0. The summed E-state index contributed by atoms with van der Waals surface area (Å²) in [6, 6.07) is 42.1. The van der Waals surface area contributed by atoms with Crippen molar-refractivity contribution in [3.05, 3.63) is 155 Å². The minimum atomic E-state index is -0.000224. The molecular formula is C65H86N10. The van der Waals surface area contributed by atoms with Crippen molar-refractivity contribution in [2.45, 2.75) is 163 Å². The molecule has 0 spiro atoms. The van der Waals surface area contributed by atoms with E-state index in [0.29, 0.717) is 34.9 Å². The SMILES string of the molecule is CC(C)(C)Cc1cccc(N(c2cc(N(c3cccc(CC(C)(C)C)n3)c3cccc(CC(C)(C)C)n3)nc(N(c3cccc(CC(C)(C)C)n3)c3cccc(CC(C)(C)C)n3)c2)c2cccc(CC(C)(C)C)n2)n1. The first-order chi connectivity index (χ1) is 34.8. The molecule has 0 unspecified atom stereocenters. The van der Waals surface area contributed by atoms with Gasteiger partial charge in [-0.05, 0) is 144 Å². The highest BCUT2D eigenvalue weighted by atomic mass is 15.3. The van der Waals surface area contributed by atoms with E-state index in [2.05, 4.69) is 261 Å². The molecule has 10 nitrogen and oxygen atoms in total. The van der Waals surface area contributed by atoms with Gasteiger partial charge in [0.15, 0.2) is 0 Å². The Balaban J connectivity index is 1.62. The molecule has 0 saturated heterocycles. The van der Waals surface area contributed by atoms with Crippen molar-refractivity contribution in [1.82, 2.24) is 34.9 Å². The van der Waals surface area contributed by atoms with Crippen LogP contribution in [0.2, 0.25) is 0 Å². The highest BCUT2D eigenvalue weighted by Crippen LogP contribution is 2.43. The number of hydrogen-bond acceptors (Lipinski definition) is 10. The van der Waals surface area contributed by atoms with Gasteiger partial charge in [-0.1, -0.05) is 161 Å². The first kappa shape index (κ1) is 56.2. The molecule has 396 valence electrons. The van der Waals surface area contributed by atoms with E-state index in [1.54, 1.807) is 0 Å². The molecule has 0 bridgehead atoms. The third-order valence-electron chi connectivity index (χ3n) is 11.9. The zero-order valence-electron chi connectivity index (χ0n) is 48.8. The fourth-order valence-corrected chi connectivity index (χ4v) is 9.33. The van der Waals surface area contributed by atoms with Gasteiger partial charge in [-0.15, -0.1) is 0 Å². The third-order valence-corrected chi connectivity index (χ3v) is 11.9. The van der Waals surface area contributed by atoms with Crippen molar-refractivity contribution in [2.24, 2.45) is 32.5 Å². The van der Waals surface area contributed by atoms with Gasteiger partial charge in [0.1, 0.15) is 46.5 Å². The lowest BCUT2D eigenvalue weighted by Crippen LogP contribution is -2.22. The Kier molecular flexibility index (Phi) is 16.5. The monoisotopic (exact) mass is 1010 g/mol. The van der Waals surface area contributed by atoms with Crippen molar-refractivity contribution in [1.29, 1.82) is 0 Å². The van der Waals surface area contributed by atoms with Crippen LogP contribution in [0, 0.1) is 32.5 Å². The summed E-state index contributed by atoms with van der Waals surface area (Å²) in [6.07, 6.45) is 4.72. The number of nitrogens with zero attached hydrogens (tertiary/aromatic N) is 10. The van der Waals surface area contributed by atoms with E-state index in [9.17, 15) is 0 Å². The topological polar surface area (TPSA) is 100.0 Å². The van der Waals surface area contributed by atoms with Crippen LogP contribution in [0.1, 0.15) is 159 Å². The fourth-order valence-electron chi connectivity index (χ4n) is 9.33. The van der Waals surface area contributed by atoms with Gasteiger partial charge < -0.3 is 0 Å². The molecule has 7 aromatic rings. The van der Waals surface area contributed by atoms with Gasteiger partial charge in [-0.2, -0.15) is 0 Å². The zero-order valence-corrected chi connectivity index (χ0v) is 48.8. The molecule has 0 aromatic carbocycles. The summed E-state index contributed by atoms with van der Waals surface area (Å²) in [5.74, 6) is 5.51. The normalized spacial score (nSPS) is 12.7. The summed E-state index contributed by atoms with van der Waals surface area (Å²) in [5.41, 5.74) is 6.71. The number of rotatable bonds is 15. The number of anilines is 9. The Morgan fingerprint density at radius 2 is 0.427 bits per heavy atom. The molecule has 0 aliphatic rings. The molecule has 0 aliphatic carbocycles. The van der Waals surface area contributed by atoms with Crippen LogP contribution < -0.4 is 14.7 Å². The zero-order chi connectivity index (χ0) is 54.7. The van der Waals surface area contributed by atoms with Gasteiger partial charge in [0.25, 0.3) is 0 Å². The average molecular weight is 1010 g/mol. The molecule has 0 atom stereocenters. The molecule has 0 radical (unpaired) electrons. The van der Waals surface area contributed by atoms with Crippen LogP contribution >= 0.6 is 0 Å². The van der Waals surface area contributed by atoms with E-state index >= 15 is 0 Å². The van der Waals surface area contributed by atoms with Gasteiger partial charge in [-0.3, -0.25) is 14.7 Å². The lowest BCUT2D eigenvalue weighted by molar-refractivity contribution is 0.406. The summed E-state index contributed by atoms with van der Waals surface area (Å²) in [7, 11) is 0. The predicted octanol–water partition coefficient (Wildman–Crippen LogP) is 17.4. The van der Waals surface area contributed by atoms with Crippen LogP contribution in [-0.4, -0.2) is 34.9 Å². The summed E-state index contributed by atoms with van der Waals surface area (Å²) < 4.78 is 0. The van der Waals surface area contributed by atoms with Crippen LogP contribution in [0.5, 0.6) is 0 Å².